The zero-order chi connectivity index (χ0) is 9.97. The SMILES string of the molecule is NCCc1ccc(N)c2ccccc12. The van der Waals surface area contributed by atoms with Gasteiger partial charge in [-0.25, -0.2) is 0 Å². The number of fused-ring (bicyclic) bond motifs is 1. The fraction of sp³-hybridized carbons (Fsp3) is 0.167. The van der Waals surface area contributed by atoms with Gasteiger partial charge in [0.05, 0.1) is 0 Å². The van der Waals surface area contributed by atoms with Crippen molar-refractivity contribution in [2.45, 2.75) is 6.42 Å². The molecule has 0 saturated heterocycles. The monoisotopic (exact) mass is 186 g/mol. The van der Waals surface area contributed by atoms with Crippen molar-refractivity contribution in [2.24, 2.45) is 5.73 Å². The number of rotatable bonds is 2. The van der Waals surface area contributed by atoms with Gasteiger partial charge in [0.1, 0.15) is 0 Å². The zero-order valence-electron chi connectivity index (χ0n) is 8.03. The molecule has 0 fully saturated rings. The molecule has 14 heavy (non-hydrogen) atoms. The highest BCUT2D eigenvalue weighted by molar-refractivity contribution is 5.95. The minimum atomic E-state index is 0.675. The molecule has 2 aromatic carbocycles. The molecule has 0 unspecified atom stereocenters. The van der Waals surface area contributed by atoms with Crippen molar-refractivity contribution in [3.8, 4) is 0 Å². The van der Waals surface area contributed by atoms with Crippen LogP contribution in [0.2, 0.25) is 0 Å². The van der Waals surface area contributed by atoms with E-state index in [4.69, 9.17) is 11.5 Å². The molecule has 0 spiro atoms. The first-order chi connectivity index (χ1) is 6.83. The molecule has 0 saturated carbocycles. The van der Waals surface area contributed by atoms with Gasteiger partial charge in [0, 0.05) is 11.1 Å². The second-order valence-corrected chi connectivity index (χ2v) is 3.40. The second-order valence-electron chi connectivity index (χ2n) is 3.40. The lowest BCUT2D eigenvalue weighted by Gasteiger charge is -2.07. The molecule has 0 radical (unpaired) electrons. The molecule has 0 aliphatic carbocycles. The number of anilines is 1. The minimum absolute atomic E-state index is 0.675. The first-order valence-corrected chi connectivity index (χ1v) is 4.79. The molecule has 0 atom stereocenters. The number of nitrogen functional groups attached to an aromatic ring is 1. The van der Waals surface area contributed by atoms with Gasteiger partial charge in [0.15, 0.2) is 0 Å². The molecule has 2 nitrogen and oxygen atoms in total. The third kappa shape index (κ3) is 1.44. The summed E-state index contributed by atoms with van der Waals surface area (Å²) in [6.07, 6.45) is 0.904. The molecule has 0 heterocycles. The predicted octanol–water partition coefficient (Wildman–Crippen LogP) is 1.92. The summed E-state index contributed by atoms with van der Waals surface area (Å²) in [5, 5.41) is 2.34. The van der Waals surface area contributed by atoms with E-state index in [2.05, 4.69) is 12.1 Å². The molecule has 72 valence electrons. The van der Waals surface area contributed by atoms with Crippen LogP contribution in [0.4, 0.5) is 5.69 Å². The first-order valence-electron chi connectivity index (χ1n) is 4.79. The molecule has 4 N–H and O–H groups in total. The lowest BCUT2D eigenvalue weighted by Crippen LogP contribution is -2.03. The minimum Gasteiger partial charge on any atom is -0.398 e. The van der Waals surface area contributed by atoms with Crippen LogP contribution in [0, 0.1) is 0 Å². The van der Waals surface area contributed by atoms with Gasteiger partial charge in [0.25, 0.3) is 0 Å². The predicted molar refractivity (Wildman–Crippen MR) is 61.1 cm³/mol. The normalized spacial score (nSPS) is 10.6. The summed E-state index contributed by atoms with van der Waals surface area (Å²) < 4.78 is 0. The maximum atomic E-state index is 5.89. The van der Waals surface area contributed by atoms with Crippen LogP contribution < -0.4 is 11.5 Å². The Morgan fingerprint density at radius 2 is 1.64 bits per heavy atom. The maximum Gasteiger partial charge on any atom is 0.0393 e. The third-order valence-corrected chi connectivity index (χ3v) is 2.46. The number of benzene rings is 2. The van der Waals surface area contributed by atoms with Crippen LogP contribution in [0.3, 0.4) is 0 Å². The zero-order valence-corrected chi connectivity index (χ0v) is 8.03. The molecule has 2 heteroatoms. The van der Waals surface area contributed by atoms with Crippen molar-refractivity contribution in [2.75, 3.05) is 12.3 Å². The van der Waals surface area contributed by atoms with Gasteiger partial charge in [-0.2, -0.15) is 0 Å². The second kappa shape index (κ2) is 3.68. The summed E-state index contributed by atoms with van der Waals surface area (Å²) in [4.78, 5) is 0. The lowest BCUT2D eigenvalue weighted by molar-refractivity contribution is 0.977. The van der Waals surface area contributed by atoms with Gasteiger partial charge in [-0.05, 0) is 30.0 Å². The van der Waals surface area contributed by atoms with E-state index < -0.39 is 0 Å². The fourth-order valence-corrected chi connectivity index (χ4v) is 1.76. The van der Waals surface area contributed by atoms with E-state index in [-0.39, 0.29) is 0 Å². The molecular formula is C12H14N2. The number of hydrogen-bond donors (Lipinski definition) is 2. The number of nitrogens with two attached hydrogens (primary N) is 2. The molecule has 0 bridgehead atoms. The average Bonchev–Trinajstić information content (AvgIpc) is 2.23. The van der Waals surface area contributed by atoms with Crippen LogP contribution >= 0.6 is 0 Å². The van der Waals surface area contributed by atoms with Gasteiger partial charge >= 0.3 is 0 Å². The third-order valence-electron chi connectivity index (χ3n) is 2.46. The summed E-state index contributed by atoms with van der Waals surface area (Å²) in [5.74, 6) is 0. The van der Waals surface area contributed by atoms with Gasteiger partial charge in [-0.15, -0.1) is 0 Å². The Kier molecular flexibility index (Phi) is 2.37. The van der Waals surface area contributed by atoms with Gasteiger partial charge < -0.3 is 11.5 Å². The van der Waals surface area contributed by atoms with Gasteiger partial charge in [-0.1, -0.05) is 30.3 Å². The molecular weight excluding hydrogens is 172 g/mol. The highest BCUT2D eigenvalue weighted by Crippen LogP contribution is 2.24. The highest BCUT2D eigenvalue weighted by Gasteiger charge is 2.01. The van der Waals surface area contributed by atoms with Crippen LogP contribution in [0.1, 0.15) is 5.56 Å². The summed E-state index contributed by atoms with van der Waals surface area (Å²) in [7, 11) is 0. The van der Waals surface area contributed by atoms with E-state index in [9.17, 15) is 0 Å². The lowest BCUT2D eigenvalue weighted by atomic mass is 10.0. The van der Waals surface area contributed by atoms with Crippen LogP contribution in [0.15, 0.2) is 36.4 Å². The van der Waals surface area contributed by atoms with Gasteiger partial charge in [-0.3, -0.25) is 0 Å². The Hall–Kier alpha value is -1.54. The molecule has 2 rings (SSSR count). The fourth-order valence-electron chi connectivity index (χ4n) is 1.76. The van der Waals surface area contributed by atoms with Crippen molar-refractivity contribution in [1.29, 1.82) is 0 Å². The molecule has 2 aromatic rings. The quantitative estimate of drug-likeness (QED) is 0.704. The Morgan fingerprint density at radius 3 is 2.36 bits per heavy atom. The van der Waals surface area contributed by atoms with Crippen molar-refractivity contribution in [1.82, 2.24) is 0 Å². The van der Waals surface area contributed by atoms with Crippen LogP contribution in [0.5, 0.6) is 0 Å². The van der Waals surface area contributed by atoms with Crippen molar-refractivity contribution >= 4 is 16.5 Å². The summed E-state index contributed by atoms with van der Waals surface area (Å²) in [6, 6.07) is 12.2. The van der Waals surface area contributed by atoms with Crippen LogP contribution in [-0.4, -0.2) is 6.54 Å². The smallest absolute Gasteiger partial charge is 0.0393 e. The van der Waals surface area contributed by atoms with Crippen LogP contribution in [0.25, 0.3) is 10.8 Å². The Balaban J connectivity index is 2.68. The summed E-state index contributed by atoms with van der Waals surface area (Å²) in [6.45, 7) is 0.675. The summed E-state index contributed by atoms with van der Waals surface area (Å²) in [5.41, 5.74) is 13.6. The van der Waals surface area contributed by atoms with Crippen molar-refractivity contribution in [3.63, 3.8) is 0 Å². The average molecular weight is 186 g/mol. The van der Waals surface area contributed by atoms with Crippen LogP contribution in [-0.2, 0) is 6.42 Å². The Bertz CT molecular complexity index is 449. The Morgan fingerprint density at radius 1 is 0.929 bits per heavy atom. The largest absolute Gasteiger partial charge is 0.398 e. The van der Waals surface area contributed by atoms with Gasteiger partial charge in [0.2, 0.25) is 0 Å². The van der Waals surface area contributed by atoms with Crippen molar-refractivity contribution < 1.29 is 0 Å². The standard InChI is InChI=1S/C12H14N2/c13-8-7-9-5-6-12(14)11-4-2-1-3-10(9)11/h1-6H,7-8,13-14H2. The van der Waals surface area contributed by atoms with E-state index in [1.165, 1.54) is 10.9 Å². The Labute approximate surface area is 83.5 Å². The van der Waals surface area contributed by atoms with E-state index in [1.54, 1.807) is 0 Å². The molecule has 0 aromatic heterocycles. The van der Waals surface area contributed by atoms with Crippen molar-refractivity contribution in [3.05, 3.63) is 42.0 Å². The molecule has 0 aliphatic rings. The van der Waals surface area contributed by atoms with E-state index in [0.29, 0.717) is 6.54 Å². The van der Waals surface area contributed by atoms with E-state index >= 15 is 0 Å². The van der Waals surface area contributed by atoms with E-state index in [0.717, 1.165) is 17.5 Å². The number of hydrogen-bond acceptors (Lipinski definition) is 2. The van der Waals surface area contributed by atoms with E-state index in [1.807, 2.05) is 24.3 Å². The maximum absolute atomic E-state index is 5.89. The highest BCUT2D eigenvalue weighted by atomic mass is 14.6. The first kappa shape index (κ1) is 9.03. The summed E-state index contributed by atoms with van der Waals surface area (Å²) >= 11 is 0. The molecule has 0 amide bonds. The molecule has 0 aliphatic heterocycles. The topological polar surface area (TPSA) is 52.0 Å².